The van der Waals surface area contributed by atoms with E-state index in [0.717, 1.165) is 0 Å². The van der Waals surface area contributed by atoms with Crippen molar-refractivity contribution in [1.29, 1.82) is 0 Å². The lowest BCUT2D eigenvalue weighted by molar-refractivity contribution is -0.216. The first-order valence-corrected chi connectivity index (χ1v) is 11.1. The van der Waals surface area contributed by atoms with Gasteiger partial charge in [-0.2, -0.15) is 0 Å². The van der Waals surface area contributed by atoms with Crippen LogP contribution in [0.3, 0.4) is 0 Å². The summed E-state index contributed by atoms with van der Waals surface area (Å²) in [6.07, 6.45) is 0.376. The van der Waals surface area contributed by atoms with Gasteiger partial charge in [0.15, 0.2) is 0 Å². The summed E-state index contributed by atoms with van der Waals surface area (Å²) in [7, 11) is 0. The average Bonchev–Trinajstić information content (AvgIpc) is 3.11. The van der Waals surface area contributed by atoms with Gasteiger partial charge in [-0.3, -0.25) is 4.79 Å². The quantitative estimate of drug-likeness (QED) is 0.786. The van der Waals surface area contributed by atoms with E-state index in [2.05, 4.69) is 24.3 Å². The van der Waals surface area contributed by atoms with Crippen LogP contribution < -0.4 is 0 Å². The molecule has 0 saturated carbocycles. The van der Waals surface area contributed by atoms with Gasteiger partial charge in [0.25, 0.3) is 0 Å². The van der Waals surface area contributed by atoms with Crippen LogP contribution in [0.2, 0.25) is 0 Å². The summed E-state index contributed by atoms with van der Waals surface area (Å²) in [6.45, 7) is 2.03. The fraction of sp³-hybridized carbons (Fsp3) is 0.440. The first kappa shape index (κ1) is 21.0. The summed E-state index contributed by atoms with van der Waals surface area (Å²) in [5, 5.41) is 9.03. The van der Waals surface area contributed by atoms with Gasteiger partial charge in [-0.05, 0) is 35.1 Å². The second kappa shape index (κ2) is 8.56. The number of benzene rings is 2. The molecule has 32 heavy (non-hydrogen) atoms. The number of carbonyl (C=O) groups is 2. The molecule has 0 radical (unpaired) electrons. The van der Waals surface area contributed by atoms with Crippen LogP contribution in [0.1, 0.15) is 36.3 Å². The molecule has 7 heteroatoms. The Labute approximate surface area is 186 Å². The first-order valence-electron chi connectivity index (χ1n) is 11.1. The van der Waals surface area contributed by atoms with Crippen LogP contribution in [-0.2, 0) is 19.0 Å². The maximum atomic E-state index is 12.8. The molecule has 0 aromatic heterocycles. The number of piperidine rings is 1. The van der Waals surface area contributed by atoms with Crippen molar-refractivity contribution in [3.8, 4) is 11.1 Å². The van der Waals surface area contributed by atoms with E-state index in [1.165, 1.54) is 22.3 Å². The van der Waals surface area contributed by atoms with Crippen molar-refractivity contribution in [2.75, 3.05) is 32.9 Å². The number of likely N-dealkylation sites (tertiary alicyclic amines) is 1. The zero-order valence-corrected chi connectivity index (χ0v) is 17.9. The van der Waals surface area contributed by atoms with Crippen LogP contribution in [0.5, 0.6) is 0 Å². The summed E-state index contributed by atoms with van der Waals surface area (Å²) >= 11 is 0. The molecule has 2 saturated heterocycles. The van der Waals surface area contributed by atoms with Gasteiger partial charge in [0.05, 0.1) is 31.3 Å². The lowest BCUT2D eigenvalue weighted by Crippen LogP contribution is -2.55. The second-order valence-corrected chi connectivity index (χ2v) is 8.83. The summed E-state index contributed by atoms with van der Waals surface area (Å²) in [6, 6.07) is 16.5. The topological polar surface area (TPSA) is 85.3 Å². The monoisotopic (exact) mass is 437 g/mol. The largest absolute Gasteiger partial charge is 0.481 e. The van der Waals surface area contributed by atoms with Gasteiger partial charge < -0.3 is 24.2 Å². The van der Waals surface area contributed by atoms with E-state index < -0.39 is 17.7 Å². The number of fused-ring (bicyclic) bond motifs is 3. The predicted molar refractivity (Wildman–Crippen MR) is 117 cm³/mol. The van der Waals surface area contributed by atoms with Gasteiger partial charge in [-0.1, -0.05) is 48.5 Å². The normalized spacial score (nSPS) is 21.8. The Morgan fingerprint density at radius 2 is 1.66 bits per heavy atom. The van der Waals surface area contributed by atoms with Crippen LogP contribution in [0.25, 0.3) is 11.1 Å². The number of hydrogen-bond donors (Lipinski definition) is 1. The van der Waals surface area contributed by atoms with Gasteiger partial charge in [0, 0.05) is 19.0 Å². The molecule has 2 aliphatic heterocycles. The molecule has 2 fully saturated rings. The van der Waals surface area contributed by atoms with E-state index in [4.69, 9.17) is 19.3 Å². The molecule has 0 bridgehead atoms. The molecule has 1 N–H and O–H groups in total. The molecule has 1 amide bonds. The third-order valence-electron chi connectivity index (χ3n) is 6.76. The van der Waals surface area contributed by atoms with Crippen molar-refractivity contribution < 1.29 is 28.9 Å². The Morgan fingerprint density at radius 1 is 1.03 bits per heavy atom. The number of carboxylic acid groups (broad SMARTS) is 1. The molecule has 5 rings (SSSR count). The van der Waals surface area contributed by atoms with Crippen molar-refractivity contribution in [3.63, 3.8) is 0 Å². The summed E-state index contributed by atoms with van der Waals surface area (Å²) < 4.78 is 17.5. The van der Waals surface area contributed by atoms with E-state index in [0.29, 0.717) is 45.8 Å². The zero-order chi connectivity index (χ0) is 22.1. The predicted octanol–water partition coefficient (Wildman–Crippen LogP) is 3.66. The minimum absolute atomic E-state index is 0.0364. The van der Waals surface area contributed by atoms with Crippen molar-refractivity contribution in [1.82, 2.24) is 4.90 Å². The highest BCUT2D eigenvalue weighted by molar-refractivity contribution is 5.79. The fourth-order valence-electron chi connectivity index (χ4n) is 5.14. The number of carbonyl (C=O) groups excluding carboxylic acids is 1. The van der Waals surface area contributed by atoms with Crippen molar-refractivity contribution in [2.24, 2.45) is 0 Å². The van der Waals surface area contributed by atoms with Crippen LogP contribution in [0, 0.1) is 0 Å². The van der Waals surface area contributed by atoms with Crippen LogP contribution in [0.4, 0.5) is 4.79 Å². The van der Waals surface area contributed by atoms with E-state index in [-0.39, 0.29) is 18.4 Å². The maximum absolute atomic E-state index is 12.8. The van der Waals surface area contributed by atoms with Crippen LogP contribution >= 0.6 is 0 Å². The molecule has 1 atom stereocenters. The van der Waals surface area contributed by atoms with Gasteiger partial charge in [0.1, 0.15) is 6.61 Å². The van der Waals surface area contributed by atoms with Crippen molar-refractivity contribution in [3.05, 3.63) is 59.7 Å². The smallest absolute Gasteiger partial charge is 0.409 e. The number of ether oxygens (including phenoxy) is 3. The van der Waals surface area contributed by atoms with Gasteiger partial charge in [-0.25, -0.2) is 4.79 Å². The SMILES string of the molecule is O=C(O)CC1COCC2(CCN(C(=O)OCC3c4ccccc4-c4ccccc43)CC2)O1. The number of nitrogens with zero attached hydrogens (tertiary/aromatic N) is 1. The van der Waals surface area contributed by atoms with Gasteiger partial charge >= 0.3 is 12.1 Å². The third-order valence-corrected chi connectivity index (χ3v) is 6.76. The maximum Gasteiger partial charge on any atom is 0.409 e. The average molecular weight is 437 g/mol. The Morgan fingerprint density at radius 3 is 2.28 bits per heavy atom. The molecule has 2 aromatic rings. The lowest BCUT2D eigenvalue weighted by Gasteiger charge is -2.45. The highest BCUT2D eigenvalue weighted by Crippen LogP contribution is 2.44. The minimum Gasteiger partial charge on any atom is -0.481 e. The highest BCUT2D eigenvalue weighted by atomic mass is 16.6. The van der Waals surface area contributed by atoms with Crippen molar-refractivity contribution in [2.45, 2.75) is 36.9 Å². The Hall–Kier alpha value is -2.90. The van der Waals surface area contributed by atoms with Gasteiger partial charge in [-0.15, -0.1) is 0 Å². The standard InChI is InChI=1S/C25H27NO6/c27-23(28)13-17-14-30-16-25(32-17)9-11-26(12-10-25)24(29)31-15-22-20-7-3-1-5-18(20)19-6-2-4-8-21(19)22/h1-8,17,22H,9-16H2,(H,27,28). The van der Waals surface area contributed by atoms with E-state index in [1.54, 1.807) is 4.90 Å². The molecule has 1 unspecified atom stereocenters. The third kappa shape index (κ3) is 3.98. The van der Waals surface area contributed by atoms with E-state index in [9.17, 15) is 9.59 Å². The zero-order valence-electron chi connectivity index (χ0n) is 17.9. The number of aliphatic carboxylic acids is 1. The van der Waals surface area contributed by atoms with Crippen molar-refractivity contribution >= 4 is 12.1 Å². The number of hydrogen-bond acceptors (Lipinski definition) is 5. The lowest BCUT2D eigenvalue weighted by atomic mass is 9.90. The van der Waals surface area contributed by atoms with Gasteiger partial charge in [0.2, 0.25) is 0 Å². The number of rotatable bonds is 4. The molecular formula is C25H27NO6. The summed E-state index contributed by atoms with van der Waals surface area (Å²) in [5.74, 6) is -0.860. The Kier molecular flexibility index (Phi) is 5.61. The molecule has 1 aliphatic carbocycles. The number of amides is 1. The number of carboxylic acids is 1. The molecule has 3 aliphatic rings. The minimum atomic E-state index is -0.897. The van der Waals surface area contributed by atoms with Crippen LogP contribution in [0.15, 0.2) is 48.5 Å². The highest BCUT2D eigenvalue weighted by Gasteiger charge is 2.42. The Bertz CT molecular complexity index is 967. The molecule has 7 nitrogen and oxygen atoms in total. The summed E-state index contributed by atoms with van der Waals surface area (Å²) in [5.41, 5.74) is 4.27. The molecule has 1 spiro atoms. The Balaban J connectivity index is 1.19. The molecular weight excluding hydrogens is 410 g/mol. The first-order chi connectivity index (χ1) is 15.5. The van der Waals surface area contributed by atoms with E-state index >= 15 is 0 Å². The van der Waals surface area contributed by atoms with E-state index in [1.807, 2.05) is 24.3 Å². The fourth-order valence-corrected chi connectivity index (χ4v) is 5.14. The van der Waals surface area contributed by atoms with Crippen LogP contribution in [-0.4, -0.2) is 66.7 Å². The molecule has 2 heterocycles. The molecule has 168 valence electrons. The second-order valence-electron chi connectivity index (χ2n) is 8.83. The molecule has 2 aromatic carbocycles. The summed E-state index contributed by atoms with van der Waals surface area (Å²) in [4.78, 5) is 25.5.